The first-order valence-corrected chi connectivity index (χ1v) is 11.0. The summed E-state index contributed by atoms with van der Waals surface area (Å²) in [6, 6.07) is 7.76. The quantitative estimate of drug-likeness (QED) is 0.680. The Kier molecular flexibility index (Phi) is 7.92. The number of hydrogen-bond donors (Lipinski definition) is 1. The maximum atomic E-state index is 12.5. The Hall–Kier alpha value is -2.08. The number of rotatable bonds is 8. The molecule has 160 valence electrons. The van der Waals surface area contributed by atoms with E-state index in [2.05, 4.69) is 10.2 Å². The van der Waals surface area contributed by atoms with Crippen LogP contribution >= 0.6 is 0 Å². The van der Waals surface area contributed by atoms with E-state index in [9.17, 15) is 9.59 Å². The van der Waals surface area contributed by atoms with Gasteiger partial charge in [-0.2, -0.15) is 0 Å². The van der Waals surface area contributed by atoms with Crippen LogP contribution in [0.1, 0.15) is 44.6 Å². The zero-order valence-electron chi connectivity index (χ0n) is 17.9. The van der Waals surface area contributed by atoms with Crippen molar-refractivity contribution >= 4 is 11.8 Å². The summed E-state index contributed by atoms with van der Waals surface area (Å²) >= 11 is 0. The van der Waals surface area contributed by atoms with Crippen molar-refractivity contribution in [2.45, 2.75) is 52.0 Å². The third-order valence-corrected chi connectivity index (χ3v) is 6.16. The van der Waals surface area contributed by atoms with Crippen molar-refractivity contribution in [3.05, 3.63) is 29.8 Å². The highest BCUT2D eigenvalue weighted by molar-refractivity contribution is 5.81. The van der Waals surface area contributed by atoms with Gasteiger partial charge < -0.3 is 15.0 Å². The number of nitrogens with zero attached hydrogens (tertiary/aromatic N) is 2. The summed E-state index contributed by atoms with van der Waals surface area (Å²) in [6.45, 7) is 8.58. The molecule has 1 N–H and O–H groups in total. The summed E-state index contributed by atoms with van der Waals surface area (Å²) in [5.74, 6) is 1.65. The number of ether oxygens (including phenoxy) is 1. The van der Waals surface area contributed by atoms with Gasteiger partial charge in [-0.25, -0.2) is 0 Å². The molecule has 0 aliphatic carbocycles. The molecule has 6 heteroatoms. The van der Waals surface area contributed by atoms with Gasteiger partial charge in [-0.3, -0.25) is 14.5 Å². The van der Waals surface area contributed by atoms with Crippen LogP contribution in [0.4, 0.5) is 0 Å². The molecule has 1 aromatic rings. The van der Waals surface area contributed by atoms with Crippen LogP contribution in [0.25, 0.3) is 0 Å². The first-order valence-electron chi connectivity index (χ1n) is 11.0. The van der Waals surface area contributed by atoms with Crippen LogP contribution < -0.4 is 10.1 Å². The maximum absolute atomic E-state index is 12.5. The van der Waals surface area contributed by atoms with Crippen LogP contribution in [0, 0.1) is 12.8 Å². The van der Waals surface area contributed by atoms with E-state index in [1.807, 2.05) is 43.0 Å². The van der Waals surface area contributed by atoms with E-state index < -0.39 is 0 Å². The van der Waals surface area contributed by atoms with Crippen molar-refractivity contribution in [2.75, 3.05) is 39.3 Å². The lowest BCUT2D eigenvalue weighted by molar-refractivity contribution is -0.132. The lowest BCUT2D eigenvalue weighted by atomic mass is 9.92. The SMILES string of the molecule is Cc1cccc(OCCNC(=O)C(C)N2CCC(CC(=O)N3CCCC3)CC2)c1. The van der Waals surface area contributed by atoms with Gasteiger partial charge in [-0.15, -0.1) is 0 Å². The molecule has 0 spiro atoms. The van der Waals surface area contributed by atoms with Gasteiger partial charge in [0.2, 0.25) is 11.8 Å². The molecule has 1 aromatic carbocycles. The summed E-state index contributed by atoms with van der Waals surface area (Å²) < 4.78 is 5.69. The highest BCUT2D eigenvalue weighted by atomic mass is 16.5. The Balaban J connectivity index is 1.32. The van der Waals surface area contributed by atoms with Crippen molar-refractivity contribution in [1.29, 1.82) is 0 Å². The maximum Gasteiger partial charge on any atom is 0.237 e. The van der Waals surface area contributed by atoms with Crippen LogP contribution in [0.3, 0.4) is 0 Å². The average Bonchev–Trinajstić information content (AvgIpc) is 3.26. The molecule has 0 saturated carbocycles. The summed E-state index contributed by atoms with van der Waals surface area (Å²) in [4.78, 5) is 29.1. The van der Waals surface area contributed by atoms with Crippen molar-refractivity contribution in [3.63, 3.8) is 0 Å². The van der Waals surface area contributed by atoms with E-state index in [4.69, 9.17) is 4.74 Å². The van der Waals surface area contributed by atoms with Gasteiger partial charge in [0.15, 0.2) is 0 Å². The number of amides is 2. The van der Waals surface area contributed by atoms with Crippen molar-refractivity contribution < 1.29 is 14.3 Å². The molecule has 29 heavy (non-hydrogen) atoms. The molecule has 0 radical (unpaired) electrons. The van der Waals surface area contributed by atoms with E-state index in [0.717, 1.165) is 63.2 Å². The highest BCUT2D eigenvalue weighted by Gasteiger charge is 2.29. The summed E-state index contributed by atoms with van der Waals surface area (Å²) in [7, 11) is 0. The second kappa shape index (κ2) is 10.6. The van der Waals surface area contributed by atoms with Gasteiger partial charge in [0.1, 0.15) is 12.4 Å². The Morgan fingerprint density at radius 2 is 1.90 bits per heavy atom. The number of benzene rings is 1. The smallest absolute Gasteiger partial charge is 0.237 e. The third-order valence-electron chi connectivity index (χ3n) is 6.16. The molecule has 0 bridgehead atoms. The summed E-state index contributed by atoms with van der Waals surface area (Å²) in [5, 5.41) is 2.98. The minimum absolute atomic E-state index is 0.0458. The molecule has 2 aliphatic rings. The van der Waals surface area contributed by atoms with Crippen LogP contribution in [-0.2, 0) is 9.59 Å². The molecular weight excluding hydrogens is 366 g/mol. The average molecular weight is 402 g/mol. The fraction of sp³-hybridized carbons (Fsp3) is 0.652. The lowest BCUT2D eigenvalue weighted by Gasteiger charge is -2.35. The normalized spacial score (nSPS) is 19.2. The van der Waals surface area contributed by atoms with E-state index in [-0.39, 0.29) is 11.9 Å². The molecule has 2 saturated heterocycles. The standard InChI is InChI=1S/C23H35N3O3/c1-18-6-5-7-21(16-18)29-15-10-24-23(28)19(2)25-13-8-20(9-14-25)17-22(27)26-11-3-4-12-26/h5-7,16,19-20H,3-4,8-15,17H2,1-2H3,(H,24,28). The van der Waals surface area contributed by atoms with E-state index >= 15 is 0 Å². The highest BCUT2D eigenvalue weighted by Crippen LogP contribution is 2.23. The molecule has 3 rings (SSSR count). The van der Waals surface area contributed by atoms with Gasteiger partial charge in [-0.05, 0) is 76.2 Å². The van der Waals surface area contributed by atoms with Gasteiger partial charge in [-0.1, -0.05) is 12.1 Å². The van der Waals surface area contributed by atoms with Crippen LogP contribution in [-0.4, -0.2) is 67.0 Å². The van der Waals surface area contributed by atoms with Crippen molar-refractivity contribution in [2.24, 2.45) is 5.92 Å². The second-order valence-corrected chi connectivity index (χ2v) is 8.40. The van der Waals surface area contributed by atoms with Gasteiger partial charge >= 0.3 is 0 Å². The van der Waals surface area contributed by atoms with Gasteiger partial charge in [0.05, 0.1) is 12.6 Å². The predicted molar refractivity (Wildman–Crippen MR) is 114 cm³/mol. The minimum Gasteiger partial charge on any atom is -0.492 e. The molecule has 2 fully saturated rings. The fourth-order valence-electron chi connectivity index (χ4n) is 4.25. The number of carbonyl (C=O) groups is 2. The monoisotopic (exact) mass is 401 g/mol. The first kappa shape index (κ1) is 21.6. The Labute approximate surface area is 174 Å². The zero-order valence-corrected chi connectivity index (χ0v) is 17.9. The Morgan fingerprint density at radius 3 is 2.59 bits per heavy atom. The summed E-state index contributed by atoms with van der Waals surface area (Å²) in [5.41, 5.74) is 1.16. The molecule has 2 heterocycles. The van der Waals surface area contributed by atoms with E-state index in [1.54, 1.807) is 0 Å². The number of nitrogens with one attached hydrogen (secondary N) is 1. The number of hydrogen-bond acceptors (Lipinski definition) is 4. The molecule has 0 aromatic heterocycles. The van der Waals surface area contributed by atoms with Crippen molar-refractivity contribution in [1.82, 2.24) is 15.1 Å². The first-order chi connectivity index (χ1) is 14.0. The summed E-state index contributed by atoms with van der Waals surface area (Å²) in [6.07, 6.45) is 4.95. The number of carbonyl (C=O) groups excluding carboxylic acids is 2. The fourth-order valence-corrected chi connectivity index (χ4v) is 4.25. The van der Waals surface area contributed by atoms with E-state index in [0.29, 0.717) is 31.4 Å². The van der Waals surface area contributed by atoms with Crippen molar-refractivity contribution in [3.8, 4) is 5.75 Å². The molecule has 2 amide bonds. The van der Waals surface area contributed by atoms with E-state index in [1.165, 1.54) is 0 Å². The number of piperidine rings is 1. The topological polar surface area (TPSA) is 61.9 Å². The second-order valence-electron chi connectivity index (χ2n) is 8.40. The van der Waals surface area contributed by atoms with Gasteiger partial charge in [0.25, 0.3) is 0 Å². The molecule has 1 atom stereocenters. The Morgan fingerprint density at radius 1 is 1.17 bits per heavy atom. The predicted octanol–water partition coefficient (Wildman–Crippen LogP) is 2.60. The molecule has 2 aliphatic heterocycles. The Bertz CT molecular complexity index is 680. The number of likely N-dealkylation sites (tertiary alicyclic amines) is 2. The minimum atomic E-state index is -0.149. The largest absolute Gasteiger partial charge is 0.492 e. The zero-order chi connectivity index (χ0) is 20.6. The number of aryl methyl sites for hydroxylation is 1. The lowest BCUT2D eigenvalue weighted by Crippen LogP contribution is -2.49. The third kappa shape index (κ3) is 6.46. The molecule has 1 unspecified atom stereocenters. The van der Waals surface area contributed by atoms with Crippen LogP contribution in [0.2, 0.25) is 0 Å². The van der Waals surface area contributed by atoms with Crippen LogP contribution in [0.15, 0.2) is 24.3 Å². The van der Waals surface area contributed by atoms with Gasteiger partial charge in [0, 0.05) is 19.5 Å². The molecule has 6 nitrogen and oxygen atoms in total. The molecular formula is C23H35N3O3. The van der Waals surface area contributed by atoms with Crippen LogP contribution in [0.5, 0.6) is 5.75 Å².